The first-order chi connectivity index (χ1) is 17.1. The molecule has 180 valence electrons. The fourth-order valence-corrected chi connectivity index (χ4v) is 5.19. The number of nitrogens with zero attached hydrogens (tertiary/aromatic N) is 3. The molecular formula is C24H23N5O4S2. The molecule has 0 unspecified atom stereocenters. The van der Waals surface area contributed by atoms with Crippen LogP contribution >= 0.6 is 23.6 Å². The Morgan fingerprint density at radius 1 is 1.11 bits per heavy atom. The van der Waals surface area contributed by atoms with Crippen LogP contribution in [0.2, 0.25) is 0 Å². The Balaban J connectivity index is 1.39. The van der Waals surface area contributed by atoms with Crippen LogP contribution in [-0.2, 0) is 9.47 Å². The average molecular weight is 510 g/mol. The van der Waals surface area contributed by atoms with Crippen LogP contribution in [0.3, 0.4) is 0 Å². The zero-order valence-electron chi connectivity index (χ0n) is 18.9. The number of carbonyl (C=O) groups is 1. The average Bonchev–Trinajstić information content (AvgIpc) is 3.54. The summed E-state index contributed by atoms with van der Waals surface area (Å²) in [7, 11) is 0. The van der Waals surface area contributed by atoms with Gasteiger partial charge >= 0.3 is 5.97 Å². The van der Waals surface area contributed by atoms with Gasteiger partial charge in [0.05, 0.1) is 36.8 Å². The van der Waals surface area contributed by atoms with Gasteiger partial charge in [-0.15, -0.1) is 11.3 Å². The molecule has 1 fully saturated rings. The van der Waals surface area contributed by atoms with Crippen molar-refractivity contribution in [3.63, 3.8) is 0 Å². The van der Waals surface area contributed by atoms with Crippen LogP contribution in [0.4, 0.5) is 16.4 Å². The topological polar surface area (TPSA) is 102 Å². The van der Waals surface area contributed by atoms with Crippen molar-refractivity contribution in [1.29, 1.82) is 0 Å². The van der Waals surface area contributed by atoms with Crippen molar-refractivity contribution in [3.8, 4) is 10.4 Å². The number of thiocarbonyl (C=S) groups is 1. The van der Waals surface area contributed by atoms with Crippen molar-refractivity contribution < 1.29 is 18.9 Å². The largest absolute Gasteiger partial charge is 0.462 e. The first kappa shape index (κ1) is 23.2. The lowest BCUT2D eigenvalue weighted by atomic mass is 10.1. The van der Waals surface area contributed by atoms with E-state index in [2.05, 4.69) is 25.8 Å². The highest BCUT2D eigenvalue weighted by molar-refractivity contribution is 7.80. The number of nitrogens with one attached hydrogen (secondary N) is 2. The van der Waals surface area contributed by atoms with E-state index in [0.717, 1.165) is 29.2 Å². The summed E-state index contributed by atoms with van der Waals surface area (Å²) in [4.78, 5) is 15.7. The summed E-state index contributed by atoms with van der Waals surface area (Å²) in [5, 5.41) is 15.4. The number of rotatable bonds is 6. The maximum Gasteiger partial charge on any atom is 0.341 e. The van der Waals surface area contributed by atoms with Gasteiger partial charge in [0.15, 0.2) is 16.1 Å². The van der Waals surface area contributed by atoms with Gasteiger partial charge in [0.25, 0.3) is 0 Å². The van der Waals surface area contributed by atoms with Crippen molar-refractivity contribution >= 4 is 62.0 Å². The van der Waals surface area contributed by atoms with E-state index in [1.165, 1.54) is 11.3 Å². The summed E-state index contributed by atoms with van der Waals surface area (Å²) in [5.41, 5.74) is 4.23. The molecule has 4 aromatic rings. The summed E-state index contributed by atoms with van der Waals surface area (Å²) in [6, 6.07) is 15.5. The quantitative estimate of drug-likeness (QED) is 0.279. The number of morpholine rings is 1. The first-order valence-corrected chi connectivity index (χ1v) is 12.4. The Hall–Kier alpha value is -3.54. The number of hydrogen-bond donors (Lipinski definition) is 2. The minimum absolute atomic E-state index is 0.282. The molecule has 2 aromatic carbocycles. The van der Waals surface area contributed by atoms with E-state index in [1.807, 2.05) is 48.5 Å². The second-order valence-corrected chi connectivity index (χ2v) is 9.17. The number of thiophene rings is 1. The van der Waals surface area contributed by atoms with Gasteiger partial charge in [0.2, 0.25) is 0 Å². The number of hydrogen-bond acceptors (Lipinski definition) is 9. The van der Waals surface area contributed by atoms with Gasteiger partial charge in [0.1, 0.15) is 5.00 Å². The van der Waals surface area contributed by atoms with Crippen LogP contribution in [0.25, 0.3) is 21.5 Å². The number of aromatic nitrogens is 2. The van der Waals surface area contributed by atoms with E-state index in [1.54, 1.807) is 6.92 Å². The molecule has 1 aliphatic heterocycles. The van der Waals surface area contributed by atoms with Gasteiger partial charge in [0, 0.05) is 18.0 Å². The number of fused-ring (bicyclic) bond motifs is 1. The van der Waals surface area contributed by atoms with Crippen molar-refractivity contribution in [1.82, 2.24) is 10.3 Å². The molecule has 2 aromatic heterocycles. The van der Waals surface area contributed by atoms with Crippen molar-refractivity contribution in [2.45, 2.75) is 6.92 Å². The van der Waals surface area contributed by atoms with E-state index >= 15 is 0 Å². The molecule has 0 aliphatic carbocycles. The highest BCUT2D eigenvalue weighted by Crippen LogP contribution is 2.36. The van der Waals surface area contributed by atoms with E-state index in [9.17, 15) is 4.79 Å². The van der Waals surface area contributed by atoms with E-state index < -0.39 is 5.97 Å². The van der Waals surface area contributed by atoms with Gasteiger partial charge in [-0.2, -0.15) is 0 Å². The van der Waals surface area contributed by atoms with Gasteiger partial charge < -0.3 is 25.0 Å². The highest BCUT2D eigenvalue weighted by Gasteiger charge is 2.21. The Bertz CT molecular complexity index is 1350. The monoisotopic (exact) mass is 509 g/mol. The van der Waals surface area contributed by atoms with E-state index in [-0.39, 0.29) is 6.61 Å². The standard InChI is InChI=1S/C24H23N5O4S2/c1-2-32-23(30)16-14-19(15-6-4-3-5-7-15)35-22(16)26-24(34)25-17-8-9-18(21-20(17)27-33-28-21)29-10-12-31-13-11-29/h3-9,14H,2,10-13H2,1H3,(H2,25,26,34). The first-order valence-electron chi connectivity index (χ1n) is 11.2. The molecule has 9 nitrogen and oxygen atoms in total. The molecule has 0 bridgehead atoms. The number of benzene rings is 2. The lowest BCUT2D eigenvalue weighted by Crippen LogP contribution is -2.36. The summed E-state index contributed by atoms with van der Waals surface area (Å²) >= 11 is 7.00. The molecule has 0 amide bonds. The van der Waals surface area contributed by atoms with Gasteiger partial charge in [-0.1, -0.05) is 30.3 Å². The molecule has 11 heteroatoms. The molecule has 1 saturated heterocycles. The van der Waals surface area contributed by atoms with Gasteiger partial charge in [-0.05, 0) is 53.2 Å². The molecule has 3 heterocycles. The summed E-state index contributed by atoms with van der Waals surface area (Å²) in [6.45, 7) is 4.93. The van der Waals surface area contributed by atoms with Crippen LogP contribution in [0.5, 0.6) is 0 Å². The normalized spacial score (nSPS) is 13.6. The minimum atomic E-state index is -0.408. The second kappa shape index (κ2) is 10.4. The lowest BCUT2D eigenvalue weighted by molar-refractivity contribution is 0.0528. The molecule has 0 atom stereocenters. The van der Waals surface area contributed by atoms with Gasteiger partial charge in [-0.25, -0.2) is 9.42 Å². The van der Waals surface area contributed by atoms with Crippen LogP contribution in [-0.4, -0.2) is 54.3 Å². The van der Waals surface area contributed by atoms with Crippen LogP contribution in [0.15, 0.2) is 53.2 Å². The second-order valence-electron chi connectivity index (χ2n) is 7.71. The Morgan fingerprint density at radius 3 is 2.66 bits per heavy atom. The Morgan fingerprint density at radius 2 is 1.89 bits per heavy atom. The summed E-state index contributed by atoms with van der Waals surface area (Å²) in [5.74, 6) is -0.408. The summed E-state index contributed by atoms with van der Waals surface area (Å²) in [6.07, 6.45) is 0. The van der Waals surface area contributed by atoms with Crippen molar-refractivity contribution in [3.05, 3.63) is 54.1 Å². The lowest BCUT2D eigenvalue weighted by Gasteiger charge is -2.28. The smallest absolute Gasteiger partial charge is 0.341 e. The van der Waals surface area contributed by atoms with Crippen LogP contribution in [0, 0.1) is 0 Å². The third-order valence-electron chi connectivity index (χ3n) is 5.51. The number of anilines is 3. The highest BCUT2D eigenvalue weighted by atomic mass is 32.1. The SMILES string of the molecule is CCOC(=O)c1cc(-c2ccccc2)sc1NC(=S)Nc1ccc(N2CCOCC2)c2nonc12. The molecule has 1 aliphatic rings. The van der Waals surface area contributed by atoms with Crippen molar-refractivity contribution in [2.75, 3.05) is 48.4 Å². The predicted octanol–water partition coefficient (Wildman–Crippen LogP) is 4.77. The van der Waals surface area contributed by atoms with Gasteiger partial charge in [-0.3, -0.25) is 0 Å². The molecule has 2 N–H and O–H groups in total. The summed E-state index contributed by atoms with van der Waals surface area (Å²) < 4.78 is 15.8. The maximum atomic E-state index is 12.6. The minimum Gasteiger partial charge on any atom is -0.462 e. The number of ether oxygens (including phenoxy) is 2. The molecule has 0 radical (unpaired) electrons. The zero-order valence-corrected chi connectivity index (χ0v) is 20.6. The Labute approximate surface area is 211 Å². The molecule has 5 rings (SSSR count). The third kappa shape index (κ3) is 4.97. The zero-order chi connectivity index (χ0) is 24.2. The molecule has 35 heavy (non-hydrogen) atoms. The predicted molar refractivity (Wildman–Crippen MR) is 140 cm³/mol. The Kier molecular flexibility index (Phi) is 6.89. The van der Waals surface area contributed by atoms with E-state index in [0.29, 0.717) is 45.6 Å². The third-order valence-corrected chi connectivity index (χ3v) is 6.81. The van der Waals surface area contributed by atoms with Crippen molar-refractivity contribution in [2.24, 2.45) is 0 Å². The van der Waals surface area contributed by atoms with E-state index in [4.69, 9.17) is 26.3 Å². The fraction of sp³-hybridized carbons (Fsp3) is 0.250. The maximum absolute atomic E-state index is 12.6. The van der Waals surface area contributed by atoms with Crippen LogP contribution < -0.4 is 15.5 Å². The fourth-order valence-electron chi connectivity index (χ4n) is 3.86. The number of carbonyl (C=O) groups excluding carboxylic acids is 1. The van der Waals surface area contributed by atoms with Crippen LogP contribution in [0.1, 0.15) is 17.3 Å². The molecule has 0 saturated carbocycles. The molecule has 0 spiro atoms. The molecular weight excluding hydrogens is 486 g/mol. The number of esters is 1.